The summed E-state index contributed by atoms with van der Waals surface area (Å²) >= 11 is 0. The smallest absolute Gasteiger partial charge is 0.191 e. The van der Waals surface area contributed by atoms with Crippen molar-refractivity contribution < 1.29 is 0 Å². The van der Waals surface area contributed by atoms with E-state index in [0.717, 1.165) is 64.1 Å². The molecule has 2 fully saturated rings. The molecule has 27 heavy (non-hydrogen) atoms. The molecule has 0 aliphatic carbocycles. The zero-order valence-electron chi connectivity index (χ0n) is 17.2. The molecule has 150 valence electrons. The quantitative estimate of drug-likeness (QED) is 0.474. The molecule has 2 N–H and O–H groups in total. The summed E-state index contributed by atoms with van der Waals surface area (Å²) in [5.41, 5.74) is 8.87. The van der Waals surface area contributed by atoms with Crippen LogP contribution in [0.2, 0.25) is 0 Å². The Labute approximate surface area is 165 Å². The lowest BCUT2D eigenvalue weighted by atomic mass is 10.00. The first-order valence-electron chi connectivity index (χ1n) is 10.7. The summed E-state index contributed by atoms with van der Waals surface area (Å²) in [6.45, 7) is 13.2. The van der Waals surface area contributed by atoms with Crippen LogP contribution in [0.25, 0.3) is 0 Å². The minimum Gasteiger partial charge on any atom is -0.370 e. The average Bonchev–Trinajstić information content (AvgIpc) is 2.68. The molecule has 0 aromatic heterocycles. The van der Waals surface area contributed by atoms with E-state index in [1.54, 1.807) is 0 Å². The molecule has 0 unspecified atom stereocenters. The van der Waals surface area contributed by atoms with Gasteiger partial charge in [0, 0.05) is 51.5 Å². The summed E-state index contributed by atoms with van der Waals surface area (Å²) in [6.07, 6.45) is 4.82. The number of piperazine rings is 1. The topological polar surface area (TPSA) is 48.1 Å². The number of guanidine groups is 1. The Morgan fingerprint density at radius 2 is 1.81 bits per heavy atom. The maximum atomic E-state index is 6.16. The number of piperidine rings is 1. The number of hydrogen-bond acceptors (Lipinski definition) is 3. The molecule has 0 atom stereocenters. The van der Waals surface area contributed by atoms with Crippen molar-refractivity contribution in [1.82, 2.24) is 9.80 Å². The second-order valence-electron chi connectivity index (χ2n) is 8.28. The zero-order chi connectivity index (χ0) is 19.1. The first-order chi connectivity index (χ1) is 13.1. The van der Waals surface area contributed by atoms with E-state index >= 15 is 0 Å². The number of benzene rings is 1. The molecule has 0 saturated carbocycles. The van der Waals surface area contributed by atoms with E-state index < -0.39 is 0 Å². The molecule has 0 bridgehead atoms. The van der Waals surface area contributed by atoms with Crippen LogP contribution in [-0.2, 0) is 0 Å². The maximum Gasteiger partial charge on any atom is 0.191 e. The van der Waals surface area contributed by atoms with Crippen molar-refractivity contribution in [3.05, 3.63) is 29.8 Å². The van der Waals surface area contributed by atoms with Gasteiger partial charge in [-0.15, -0.1) is 0 Å². The molecule has 1 aromatic rings. The zero-order valence-corrected chi connectivity index (χ0v) is 17.2. The lowest BCUT2D eigenvalue weighted by Gasteiger charge is -2.36. The largest absolute Gasteiger partial charge is 0.370 e. The van der Waals surface area contributed by atoms with E-state index in [4.69, 9.17) is 5.73 Å². The SMILES string of the molecule is Cc1cccc(N2CCN(CCCCN=C(N)N3CCC(C)CC3)CC2)c1. The van der Waals surface area contributed by atoms with Gasteiger partial charge in [0.15, 0.2) is 5.96 Å². The van der Waals surface area contributed by atoms with E-state index in [1.807, 2.05) is 0 Å². The third-order valence-corrected chi connectivity index (χ3v) is 6.00. The number of hydrogen-bond donors (Lipinski definition) is 1. The van der Waals surface area contributed by atoms with Crippen LogP contribution in [0.1, 0.15) is 38.2 Å². The fourth-order valence-corrected chi connectivity index (χ4v) is 4.03. The van der Waals surface area contributed by atoms with Crippen molar-refractivity contribution in [2.24, 2.45) is 16.6 Å². The van der Waals surface area contributed by atoms with Gasteiger partial charge in [0.05, 0.1) is 0 Å². The van der Waals surface area contributed by atoms with Crippen LogP contribution in [0, 0.1) is 12.8 Å². The monoisotopic (exact) mass is 371 g/mol. The Hall–Kier alpha value is -1.75. The second kappa shape index (κ2) is 9.98. The molecule has 2 saturated heterocycles. The van der Waals surface area contributed by atoms with Crippen LogP contribution in [-0.4, -0.2) is 68.1 Å². The van der Waals surface area contributed by atoms with Gasteiger partial charge in [-0.1, -0.05) is 19.1 Å². The molecule has 0 radical (unpaired) electrons. The van der Waals surface area contributed by atoms with Gasteiger partial charge in [-0.05, 0) is 62.8 Å². The van der Waals surface area contributed by atoms with E-state index in [-0.39, 0.29) is 0 Å². The van der Waals surface area contributed by atoms with E-state index in [2.05, 4.69) is 57.8 Å². The van der Waals surface area contributed by atoms with Crippen molar-refractivity contribution in [1.29, 1.82) is 0 Å². The van der Waals surface area contributed by atoms with Crippen molar-refractivity contribution in [2.45, 2.75) is 39.5 Å². The number of likely N-dealkylation sites (tertiary alicyclic amines) is 1. The number of rotatable bonds is 6. The Balaban J connectivity index is 1.30. The Morgan fingerprint density at radius 1 is 1.07 bits per heavy atom. The minimum absolute atomic E-state index is 0.758. The number of unbranched alkanes of at least 4 members (excludes halogenated alkanes) is 1. The van der Waals surface area contributed by atoms with Crippen LogP contribution < -0.4 is 10.6 Å². The third-order valence-electron chi connectivity index (χ3n) is 6.00. The van der Waals surface area contributed by atoms with Gasteiger partial charge >= 0.3 is 0 Å². The summed E-state index contributed by atoms with van der Waals surface area (Å²) < 4.78 is 0. The Morgan fingerprint density at radius 3 is 2.52 bits per heavy atom. The van der Waals surface area contributed by atoms with Gasteiger partial charge in [-0.2, -0.15) is 0 Å². The van der Waals surface area contributed by atoms with Gasteiger partial charge in [-0.3, -0.25) is 9.89 Å². The minimum atomic E-state index is 0.758. The molecular formula is C22H37N5. The fraction of sp³-hybridized carbons (Fsp3) is 0.682. The van der Waals surface area contributed by atoms with Gasteiger partial charge in [0.25, 0.3) is 0 Å². The van der Waals surface area contributed by atoms with Crippen LogP contribution in [0.3, 0.4) is 0 Å². The molecule has 2 aliphatic rings. The van der Waals surface area contributed by atoms with Crippen LogP contribution >= 0.6 is 0 Å². The maximum absolute atomic E-state index is 6.16. The second-order valence-corrected chi connectivity index (χ2v) is 8.28. The highest BCUT2D eigenvalue weighted by molar-refractivity contribution is 5.78. The third kappa shape index (κ3) is 6.13. The molecule has 0 spiro atoms. The molecule has 5 heteroatoms. The highest BCUT2D eigenvalue weighted by atomic mass is 15.3. The average molecular weight is 372 g/mol. The summed E-state index contributed by atoms with van der Waals surface area (Å²) in [5.74, 6) is 1.59. The number of anilines is 1. The standard InChI is InChI=1S/C22H37N5/c1-19-8-12-27(13-9-19)22(23)24-10-3-4-11-25-14-16-26(17-15-25)21-7-5-6-20(2)18-21/h5-7,18-19H,3-4,8-17H2,1-2H3,(H2,23,24). The van der Waals surface area contributed by atoms with Crippen LogP contribution in [0.4, 0.5) is 5.69 Å². The van der Waals surface area contributed by atoms with Crippen molar-refractivity contribution in [3.8, 4) is 0 Å². The molecule has 1 aromatic carbocycles. The molecule has 2 heterocycles. The molecular weight excluding hydrogens is 334 g/mol. The highest BCUT2D eigenvalue weighted by Crippen LogP contribution is 2.18. The van der Waals surface area contributed by atoms with Crippen molar-refractivity contribution in [3.63, 3.8) is 0 Å². The molecule has 0 amide bonds. The summed E-state index contributed by atoms with van der Waals surface area (Å²) in [5, 5.41) is 0. The Kier molecular flexibility index (Phi) is 7.39. The first kappa shape index (κ1) is 20.0. The van der Waals surface area contributed by atoms with Gasteiger partial charge in [0.2, 0.25) is 0 Å². The molecule has 5 nitrogen and oxygen atoms in total. The Bertz CT molecular complexity index is 598. The lowest BCUT2D eigenvalue weighted by molar-refractivity contribution is 0.253. The molecule has 3 rings (SSSR count). The van der Waals surface area contributed by atoms with E-state index in [0.29, 0.717) is 0 Å². The van der Waals surface area contributed by atoms with Crippen LogP contribution in [0.15, 0.2) is 29.3 Å². The number of nitrogens with zero attached hydrogens (tertiary/aromatic N) is 4. The predicted molar refractivity (Wildman–Crippen MR) is 116 cm³/mol. The van der Waals surface area contributed by atoms with Crippen LogP contribution in [0.5, 0.6) is 0 Å². The summed E-state index contributed by atoms with van der Waals surface area (Å²) in [7, 11) is 0. The number of nitrogens with two attached hydrogens (primary N) is 1. The van der Waals surface area contributed by atoms with Crippen molar-refractivity contribution in [2.75, 3.05) is 57.3 Å². The van der Waals surface area contributed by atoms with Crippen molar-refractivity contribution >= 4 is 11.6 Å². The summed E-state index contributed by atoms with van der Waals surface area (Å²) in [6, 6.07) is 8.85. The normalized spacial score (nSPS) is 20.3. The number of aryl methyl sites for hydroxylation is 1. The fourth-order valence-electron chi connectivity index (χ4n) is 4.03. The van der Waals surface area contributed by atoms with E-state index in [1.165, 1.54) is 37.1 Å². The predicted octanol–water partition coefficient (Wildman–Crippen LogP) is 2.94. The van der Waals surface area contributed by atoms with E-state index in [9.17, 15) is 0 Å². The van der Waals surface area contributed by atoms with Gasteiger partial charge < -0.3 is 15.5 Å². The summed E-state index contributed by atoms with van der Waals surface area (Å²) in [4.78, 5) is 12.0. The van der Waals surface area contributed by atoms with Gasteiger partial charge in [0.1, 0.15) is 0 Å². The first-order valence-corrected chi connectivity index (χ1v) is 10.7. The van der Waals surface area contributed by atoms with Gasteiger partial charge in [-0.25, -0.2) is 0 Å². The molecule has 2 aliphatic heterocycles. The highest BCUT2D eigenvalue weighted by Gasteiger charge is 2.18. The number of aliphatic imine (C=N–C) groups is 1. The lowest BCUT2D eigenvalue weighted by Crippen LogP contribution is -2.46.